The predicted molar refractivity (Wildman–Crippen MR) is 89.1 cm³/mol. The number of carbonyl (C=O) groups is 1. The van der Waals surface area contributed by atoms with Crippen molar-refractivity contribution < 1.29 is 4.79 Å². The molecule has 1 amide bonds. The van der Waals surface area contributed by atoms with E-state index in [1.54, 1.807) is 0 Å². The second kappa shape index (κ2) is 13.7. The highest BCUT2D eigenvalue weighted by Gasteiger charge is 2.14. The maximum absolute atomic E-state index is 11.9. The molecule has 124 valence electrons. The van der Waals surface area contributed by atoms with Crippen molar-refractivity contribution in [3.8, 4) is 0 Å². The van der Waals surface area contributed by atoms with E-state index in [2.05, 4.69) is 29.5 Å². The van der Waals surface area contributed by atoms with E-state index < -0.39 is 0 Å². The normalized spacial score (nSPS) is 11.9. The second-order valence-electron chi connectivity index (χ2n) is 5.30. The van der Waals surface area contributed by atoms with Crippen LogP contribution in [0.25, 0.3) is 0 Å². The van der Waals surface area contributed by atoms with Crippen LogP contribution >= 0.6 is 0 Å². The van der Waals surface area contributed by atoms with Crippen LogP contribution in [0.2, 0.25) is 0 Å². The third-order valence-corrected chi connectivity index (χ3v) is 3.41. The minimum absolute atomic E-state index is 0.145. The van der Waals surface area contributed by atoms with Gasteiger partial charge in [0.1, 0.15) is 0 Å². The summed E-state index contributed by atoms with van der Waals surface area (Å²) in [4.78, 5) is 15.9. The van der Waals surface area contributed by atoms with E-state index in [0.717, 1.165) is 58.2 Å². The molecule has 6 nitrogen and oxygen atoms in total. The minimum atomic E-state index is 0.145. The maximum atomic E-state index is 11.9. The lowest BCUT2D eigenvalue weighted by atomic mass is 9.98. The molecule has 0 saturated heterocycles. The number of guanidine groups is 1. The zero-order valence-corrected chi connectivity index (χ0v) is 13.7. The van der Waals surface area contributed by atoms with Gasteiger partial charge in [0.15, 0.2) is 5.96 Å². The van der Waals surface area contributed by atoms with Gasteiger partial charge in [-0.25, -0.2) is 0 Å². The Kier molecular flexibility index (Phi) is 12.8. The van der Waals surface area contributed by atoms with Crippen LogP contribution in [0.4, 0.5) is 0 Å². The molecule has 6 N–H and O–H groups in total. The molecule has 0 aromatic heterocycles. The Morgan fingerprint density at radius 2 is 1.81 bits per heavy atom. The van der Waals surface area contributed by atoms with E-state index in [4.69, 9.17) is 11.5 Å². The van der Waals surface area contributed by atoms with Crippen LogP contribution in [0.3, 0.4) is 0 Å². The number of carbonyl (C=O) groups excluding carboxylic acids is 1. The average Bonchev–Trinajstić information content (AvgIpc) is 2.46. The molecule has 0 bridgehead atoms. The number of amides is 1. The Morgan fingerprint density at radius 3 is 2.43 bits per heavy atom. The van der Waals surface area contributed by atoms with Gasteiger partial charge in [-0.3, -0.25) is 9.79 Å². The third kappa shape index (κ3) is 12.2. The molecule has 0 fully saturated rings. The lowest BCUT2D eigenvalue weighted by molar-refractivity contribution is -0.125. The number of hydrogen-bond donors (Lipinski definition) is 4. The van der Waals surface area contributed by atoms with Crippen LogP contribution in [0.15, 0.2) is 4.99 Å². The highest BCUT2D eigenvalue weighted by molar-refractivity contribution is 5.78. The first-order chi connectivity index (χ1) is 10.1. The van der Waals surface area contributed by atoms with Crippen molar-refractivity contribution in [1.82, 2.24) is 10.6 Å². The summed E-state index contributed by atoms with van der Waals surface area (Å²) in [5.74, 6) is 0.530. The fourth-order valence-corrected chi connectivity index (χ4v) is 2.08. The first-order valence-corrected chi connectivity index (χ1v) is 8.15. The van der Waals surface area contributed by atoms with Crippen LogP contribution in [0.5, 0.6) is 0 Å². The fourth-order valence-electron chi connectivity index (χ4n) is 2.08. The molecule has 0 heterocycles. The number of hydrogen-bond acceptors (Lipinski definition) is 3. The van der Waals surface area contributed by atoms with E-state index in [1.165, 1.54) is 0 Å². The van der Waals surface area contributed by atoms with Crippen LogP contribution in [-0.2, 0) is 4.79 Å². The van der Waals surface area contributed by atoms with Gasteiger partial charge in [-0.05, 0) is 38.8 Å². The molecule has 6 heteroatoms. The topological polar surface area (TPSA) is 106 Å². The minimum Gasteiger partial charge on any atom is -0.370 e. The van der Waals surface area contributed by atoms with Crippen molar-refractivity contribution in [3.63, 3.8) is 0 Å². The van der Waals surface area contributed by atoms with Crippen molar-refractivity contribution >= 4 is 11.9 Å². The number of unbranched alkanes of at least 4 members (excludes halogenated alkanes) is 1. The molecule has 1 atom stereocenters. The summed E-state index contributed by atoms with van der Waals surface area (Å²) in [5, 5.41) is 6.33. The summed E-state index contributed by atoms with van der Waals surface area (Å²) < 4.78 is 0. The van der Waals surface area contributed by atoms with E-state index >= 15 is 0 Å². The summed E-state index contributed by atoms with van der Waals surface area (Å²) in [7, 11) is 0. The molecule has 0 aliphatic heterocycles. The number of rotatable bonds is 13. The van der Waals surface area contributed by atoms with Gasteiger partial charge in [-0.1, -0.05) is 26.7 Å². The van der Waals surface area contributed by atoms with Crippen molar-refractivity contribution in [2.75, 3.05) is 26.2 Å². The van der Waals surface area contributed by atoms with Crippen LogP contribution in [0.1, 0.15) is 52.4 Å². The van der Waals surface area contributed by atoms with E-state index in [0.29, 0.717) is 6.54 Å². The van der Waals surface area contributed by atoms with Gasteiger partial charge in [0.05, 0.1) is 0 Å². The van der Waals surface area contributed by atoms with Crippen molar-refractivity contribution in [2.24, 2.45) is 22.4 Å². The zero-order valence-electron chi connectivity index (χ0n) is 13.7. The molecular weight excluding hydrogens is 266 g/mol. The summed E-state index contributed by atoms with van der Waals surface area (Å²) in [6.45, 7) is 7.41. The highest BCUT2D eigenvalue weighted by atomic mass is 16.1. The molecule has 0 aromatic carbocycles. The van der Waals surface area contributed by atoms with Crippen molar-refractivity contribution in [3.05, 3.63) is 0 Å². The standard InChI is InChI=1S/C15H33N5O/c1-3-5-8-13(4-2)14(21)19-11-6-9-18-10-7-12-20-15(16)17/h13,18H,3-12H2,1-2H3,(H,19,21)(H4,16,17,20). The summed E-state index contributed by atoms with van der Waals surface area (Å²) in [5.41, 5.74) is 10.5. The van der Waals surface area contributed by atoms with Gasteiger partial charge in [0, 0.05) is 19.0 Å². The fraction of sp³-hybridized carbons (Fsp3) is 0.867. The lowest BCUT2D eigenvalue weighted by Gasteiger charge is -2.14. The second-order valence-corrected chi connectivity index (χ2v) is 5.30. The van der Waals surface area contributed by atoms with E-state index in [9.17, 15) is 4.79 Å². The van der Waals surface area contributed by atoms with Gasteiger partial charge >= 0.3 is 0 Å². The predicted octanol–water partition coefficient (Wildman–Crippen LogP) is 0.962. The van der Waals surface area contributed by atoms with Crippen molar-refractivity contribution in [1.29, 1.82) is 0 Å². The van der Waals surface area contributed by atoms with Crippen LogP contribution < -0.4 is 22.1 Å². The first-order valence-electron chi connectivity index (χ1n) is 8.15. The summed E-state index contributed by atoms with van der Waals surface area (Å²) in [6.07, 6.45) is 6.06. The Bertz CT molecular complexity index is 290. The smallest absolute Gasteiger partial charge is 0.223 e. The summed E-state index contributed by atoms with van der Waals surface area (Å²) in [6, 6.07) is 0. The third-order valence-electron chi connectivity index (χ3n) is 3.41. The quantitative estimate of drug-likeness (QED) is 0.231. The first kappa shape index (κ1) is 19.7. The summed E-state index contributed by atoms with van der Waals surface area (Å²) >= 11 is 0. The van der Waals surface area contributed by atoms with Gasteiger partial charge < -0.3 is 22.1 Å². The Labute approximate surface area is 129 Å². The van der Waals surface area contributed by atoms with Crippen molar-refractivity contribution in [2.45, 2.75) is 52.4 Å². The Hall–Kier alpha value is -1.30. The number of nitrogens with zero attached hydrogens (tertiary/aromatic N) is 1. The van der Waals surface area contributed by atoms with E-state index in [1.807, 2.05) is 0 Å². The molecule has 0 radical (unpaired) electrons. The number of nitrogens with one attached hydrogen (secondary N) is 2. The molecule has 1 unspecified atom stereocenters. The Balaban J connectivity index is 3.48. The van der Waals surface area contributed by atoms with Gasteiger partial charge in [0.2, 0.25) is 5.91 Å². The molecule has 0 rings (SSSR count). The monoisotopic (exact) mass is 299 g/mol. The molecule has 21 heavy (non-hydrogen) atoms. The van der Waals surface area contributed by atoms with Gasteiger partial charge in [-0.2, -0.15) is 0 Å². The molecule has 0 spiro atoms. The number of nitrogens with two attached hydrogens (primary N) is 2. The highest BCUT2D eigenvalue weighted by Crippen LogP contribution is 2.12. The average molecular weight is 299 g/mol. The zero-order chi connectivity index (χ0) is 15.9. The van der Waals surface area contributed by atoms with Crippen LogP contribution in [0, 0.1) is 5.92 Å². The Morgan fingerprint density at radius 1 is 1.10 bits per heavy atom. The van der Waals surface area contributed by atoms with E-state index in [-0.39, 0.29) is 17.8 Å². The van der Waals surface area contributed by atoms with Gasteiger partial charge in [-0.15, -0.1) is 0 Å². The SMILES string of the molecule is CCCCC(CC)C(=O)NCCCNCCCN=C(N)N. The molecule has 0 aromatic rings. The number of aliphatic imine (C=N–C) groups is 1. The molecular formula is C15H33N5O. The lowest BCUT2D eigenvalue weighted by Crippen LogP contribution is -2.32. The van der Waals surface area contributed by atoms with Crippen LogP contribution in [-0.4, -0.2) is 38.0 Å². The van der Waals surface area contributed by atoms with Gasteiger partial charge in [0.25, 0.3) is 0 Å². The molecule has 0 aliphatic carbocycles. The largest absolute Gasteiger partial charge is 0.370 e. The molecule has 0 aliphatic rings. The maximum Gasteiger partial charge on any atom is 0.223 e. The molecule has 0 saturated carbocycles.